The Hall–Kier alpha value is -4.48. The number of hydroxylamine groups is 2. The molecule has 3 aromatic rings. The second-order valence-electron chi connectivity index (χ2n) is 8.64. The van der Waals surface area contributed by atoms with Crippen LogP contribution in [0.15, 0.2) is 35.3 Å². The van der Waals surface area contributed by atoms with Crippen LogP contribution >= 0.6 is 0 Å². The lowest BCUT2D eigenvalue weighted by Gasteiger charge is -2.15. The topological polar surface area (TPSA) is 180 Å². The van der Waals surface area contributed by atoms with Crippen LogP contribution in [0.25, 0.3) is 11.0 Å². The van der Waals surface area contributed by atoms with Gasteiger partial charge >= 0.3 is 5.97 Å². The molecule has 0 aliphatic carbocycles. The summed E-state index contributed by atoms with van der Waals surface area (Å²) >= 11 is 0. The number of amides is 3. The number of hydrogen-bond donors (Lipinski definition) is 4. The number of nitrogens with one attached hydrogen (secondary N) is 3. The third kappa shape index (κ3) is 5.59. The maximum atomic E-state index is 12.5. The van der Waals surface area contributed by atoms with Gasteiger partial charge in [-0.15, -0.1) is 5.06 Å². The van der Waals surface area contributed by atoms with Gasteiger partial charge in [-0.05, 0) is 49.4 Å². The summed E-state index contributed by atoms with van der Waals surface area (Å²) in [5.41, 5.74) is 8.00. The van der Waals surface area contributed by atoms with E-state index in [1.807, 2.05) is 12.1 Å². The van der Waals surface area contributed by atoms with Gasteiger partial charge in [-0.2, -0.15) is 4.98 Å². The van der Waals surface area contributed by atoms with Crippen molar-refractivity contribution in [3.05, 3.63) is 57.5 Å². The maximum Gasteiger partial charge on any atom is 0.333 e. The molecule has 1 aromatic carbocycles. The van der Waals surface area contributed by atoms with Crippen molar-refractivity contribution < 1.29 is 24.0 Å². The normalized spacial score (nSPS) is 14.3. The Bertz CT molecular complexity index is 1360. The number of fused-ring (bicyclic) bond motifs is 1. The van der Waals surface area contributed by atoms with Crippen molar-refractivity contribution in [3.63, 3.8) is 0 Å². The SMILES string of the molecule is C[C@H](CCC(=O)ON1C(=O)CCC1=O)NC(=O)c1ccc(CCc2c[nH]c3nc(N)[nH]c(=O)c23)cc1. The average molecular weight is 495 g/mol. The van der Waals surface area contributed by atoms with Crippen molar-refractivity contribution in [2.45, 2.75) is 51.5 Å². The summed E-state index contributed by atoms with van der Waals surface area (Å²) in [6, 6.07) is 6.77. The number of aromatic nitrogens is 3. The predicted molar refractivity (Wildman–Crippen MR) is 128 cm³/mol. The Balaban J connectivity index is 1.25. The summed E-state index contributed by atoms with van der Waals surface area (Å²) in [5, 5.41) is 3.81. The quantitative estimate of drug-likeness (QED) is 0.319. The van der Waals surface area contributed by atoms with Crippen molar-refractivity contribution in [2.75, 3.05) is 5.73 Å². The van der Waals surface area contributed by atoms with Gasteiger partial charge in [-0.3, -0.25) is 24.2 Å². The number of nitrogens with zero attached hydrogens (tertiary/aromatic N) is 2. The third-order valence-electron chi connectivity index (χ3n) is 5.90. The van der Waals surface area contributed by atoms with E-state index in [1.54, 1.807) is 25.3 Å². The first kappa shape index (κ1) is 24.6. The molecule has 36 heavy (non-hydrogen) atoms. The van der Waals surface area contributed by atoms with Crippen LogP contribution in [0, 0.1) is 0 Å². The highest BCUT2D eigenvalue weighted by atomic mass is 16.7. The van der Waals surface area contributed by atoms with Crippen LogP contribution in [0.3, 0.4) is 0 Å². The van der Waals surface area contributed by atoms with Crippen LogP contribution in [0.2, 0.25) is 0 Å². The number of imide groups is 1. The van der Waals surface area contributed by atoms with Gasteiger partial charge in [0.1, 0.15) is 5.65 Å². The first-order chi connectivity index (χ1) is 17.2. The number of aryl methyl sites for hydroxylation is 2. The highest BCUT2D eigenvalue weighted by Gasteiger charge is 2.32. The van der Waals surface area contributed by atoms with Gasteiger partial charge in [0.25, 0.3) is 23.3 Å². The molecule has 3 heterocycles. The molecule has 1 aliphatic heterocycles. The van der Waals surface area contributed by atoms with E-state index in [-0.39, 0.29) is 49.1 Å². The van der Waals surface area contributed by atoms with Gasteiger partial charge in [-0.25, -0.2) is 4.79 Å². The van der Waals surface area contributed by atoms with E-state index in [0.717, 1.165) is 11.1 Å². The number of nitrogen functional groups attached to an aromatic ring is 1. The zero-order chi connectivity index (χ0) is 25.8. The minimum Gasteiger partial charge on any atom is -0.369 e. The van der Waals surface area contributed by atoms with Crippen molar-refractivity contribution in [1.82, 2.24) is 25.3 Å². The van der Waals surface area contributed by atoms with Crippen LogP contribution in [-0.4, -0.2) is 49.7 Å². The second kappa shape index (κ2) is 10.4. The standard InChI is InChI=1S/C24H26N6O6/c1-13(2-11-19(33)36-30-17(31)9-10-18(30)32)27-22(34)15-6-3-14(4-7-15)5-8-16-12-26-21-20(16)23(35)29-24(25)28-21/h3-4,6-7,12-13H,2,5,8-11H2,1H3,(H,27,34)(H4,25,26,28,29,35)/t13-/m1/s1. The van der Waals surface area contributed by atoms with Crippen molar-refractivity contribution >= 4 is 40.7 Å². The summed E-state index contributed by atoms with van der Waals surface area (Å²) in [4.78, 5) is 74.1. The second-order valence-corrected chi connectivity index (χ2v) is 8.64. The molecule has 1 fully saturated rings. The molecule has 5 N–H and O–H groups in total. The summed E-state index contributed by atoms with van der Waals surface area (Å²) < 4.78 is 0. The molecule has 4 rings (SSSR count). The Kier molecular flexibility index (Phi) is 7.13. The molecule has 3 amide bonds. The molecule has 1 atom stereocenters. The smallest absolute Gasteiger partial charge is 0.333 e. The molecule has 0 spiro atoms. The lowest BCUT2D eigenvalue weighted by molar-refractivity contribution is -0.197. The molecule has 0 saturated carbocycles. The zero-order valence-corrected chi connectivity index (χ0v) is 19.6. The van der Waals surface area contributed by atoms with E-state index in [1.165, 1.54) is 0 Å². The fourth-order valence-electron chi connectivity index (χ4n) is 3.94. The maximum absolute atomic E-state index is 12.5. The number of carbonyl (C=O) groups is 4. The van der Waals surface area contributed by atoms with E-state index < -0.39 is 17.8 Å². The Labute approximate surface area is 205 Å². The Morgan fingerprint density at radius 2 is 1.83 bits per heavy atom. The van der Waals surface area contributed by atoms with Gasteiger partial charge in [-0.1, -0.05) is 12.1 Å². The molecule has 188 valence electrons. The minimum absolute atomic E-state index is 0.0350. The summed E-state index contributed by atoms with van der Waals surface area (Å²) in [6.07, 6.45) is 3.28. The van der Waals surface area contributed by atoms with Crippen LogP contribution in [-0.2, 0) is 32.1 Å². The number of H-pyrrole nitrogens is 2. The largest absolute Gasteiger partial charge is 0.369 e. The fraction of sp³-hybridized carbons (Fsp3) is 0.333. The van der Waals surface area contributed by atoms with Gasteiger partial charge in [0.05, 0.1) is 5.39 Å². The first-order valence-corrected chi connectivity index (χ1v) is 11.5. The number of anilines is 1. The monoisotopic (exact) mass is 494 g/mol. The van der Waals surface area contributed by atoms with Crippen molar-refractivity contribution in [1.29, 1.82) is 0 Å². The van der Waals surface area contributed by atoms with Crippen LogP contribution < -0.4 is 16.6 Å². The molecule has 1 aliphatic rings. The van der Waals surface area contributed by atoms with Gasteiger partial charge < -0.3 is 20.9 Å². The minimum atomic E-state index is -0.708. The number of hydrogen-bond acceptors (Lipinski definition) is 8. The van der Waals surface area contributed by atoms with Crippen molar-refractivity contribution in [3.8, 4) is 0 Å². The number of carbonyl (C=O) groups excluding carboxylic acids is 4. The molecule has 1 saturated heterocycles. The number of nitrogens with two attached hydrogens (primary N) is 1. The lowest BCUT2D eigenvalue weighted by atomic mass is 10.0. The van der Waals surface area contributed by atoms with E-state index in [4.69, 9.17) is 10.6 Å². The van der Waals surface area contributed by atoms with E-state index in [0.29, 0.717) is 34.5 Å². The lowest BCUT2D eigenvalue weighted by Crippen LogP contribution is -2.35. The first-order valence-electron chi connectivity index (χ1n) is 11.5. The summed E-state index contributed by atoms with van der Waals surface area (Å²) in [6.45, 7) is 1.75. The Morgan fingerprint density at radius 3 is 2.53 bits per heavy atom. The molecule has 0 bridgehead atoms. The number of benzene rings is 1. The Morgan fingerprint density at radius 1 is 1.14 bits per heavy atom. The van der Waals surface area contributed by atoms with Crippen LogP contribution in [0.4, 0.5) is 5.95 Å². The predicted octanol–water partition coefficient (Wildman–Crippen LogP) is 1.12. The molecule has 12 heteroatoms. The number of aromatic amines is 2. The average Bonchev–Trinajstić information content (AvgIpc) is 3.39. The molecule has 2 aromatic heterocycles. The van der Waals surface area contributed by atoms with Gasteiger partial charge in [0.15, 0.2) is 0 Å². The highest BCUT2D eigenvalue weighted by Crippen LogP contribution is 2.16. The molecule has 0 unspecified atom stereocenters. The van der Waals surface area contributed by atoms with E-state index in [2.05, 4.69) is 20.3 Å². The van der Waals surface area contributed by atoms with Crippen molar-refractivity contribution in [2.24, 2.45) is 0 Å². The zero-order valence-electron chi connectivity index (χ0n) is 19.6. The molecular formula is C24H26N6O6. The fourth-order valence-corrected chi connectivity index (χ4v) is 3.94. The molecule has 12 nitrogen and oxygen atoms in total. The third-order valence-corrected chi connectivity index (χ3v) is 5.90. The van der Waals surface area contributed by atoms with Crippen LogP contribution in [0.5, 0.6) is 0 Å². The summed E-state index contributed by atoms with van der Waals surface area (Å²) in [5.74, 6) is -2.01. The van der Waals surface area contributed by atoms with E-state index >= 15 is 0 Å². The molecule has 0 radical (unpaired) electrons. The van der Waals surface area contributed by atoms with Gasteiger partial charge in [0.2, 0.25) is 5.95 Å². The van der Waals surface area contributed by atoms with Gasteiger partial charge in [0, 0.05) is 37.1 Å². The van der Waals surface area contributed by atoms with E-state index in [9.17, 15) is 24.0 Å². The highest BCUT2D eigenvalue weighted by molar-refractivity contribution is 6.01. The summed E-state index contributed by atoms with van der Waals surface area (Å²) in [7, 11) is 0. The van der Waals surface area contributed by atoms with Crippen LogP contribution in [0.1, 0.15) is 54.1 Å². The molecular weight excluding hydrogens is 468 g/mol. The number of rotatable bonds is 9.